The van der Waals surface area contributed by atoms with Gasteiger partial charge in [0.2, 0.25) is 5.91 Å². The third kappa shape index (κ3) is 3.93. The van der Waals surface area contributed by atoms with Gasteiger partial charge in [-0.3, -0.25) is 14.2 Å². The summed E-state index contributed by atoms with van der Waals surface area (Å²) < 4.78 is 43.1. The molecule has 1 N–H and O–H groups in total. The minimum Gasteiger partial charge on any atom is -0.350 e. The number of hydrogen-bond acceptors (Lipinski definition) is 3. The standard InChI is InChI=1S/C19H26F3N5O/c1-5-15(18(28)23-12(3)10-26-13(4)9-11(2)24-26)27-16-8-6-7-14(16)17(25-27)19(20,21)22/h9,12,15H,5-8,10H2,1-4H3,(H,23,28)/t12-,15+/m0/s1. The van der Waals surface area contributed by atoms with Crippen LogP contribution >= 0.6 is 0 Å². The summed E-state index contributed by atoms with van der Waals surface area (Å²) in [5, 5.41) is 11.1. The molecule has 0 bridgehead atoms. The maximum absolute atomic E-state index is 13.3. The lowest BCUT2D eigenvalue weighted by Gasteiger charge is -2.21. The molecule has 2 aromatic rings. The van der Waals surface area contributed by atoms with E-state index in [1.54, 1.807) is 6.92 Å². The van der Waals surface area contributed by atoms with Gasteiger partial charge < -0.3 is 5.32 Å². The number of rotatable bonds is 6. The topological polar surface area (TPSA) is 64.7 Å². The lowest BCUT2D eigenvalue weighted by molar-refractivity contribution is -0.142. The van der Waals surface area contributed by atoms with Gasteiger partial charge in [0.25, 0.3) is 0 Å². The van der Waals surface area contributed by atoms with Crippen molar-refractivity contribution in [2.24, 2.45) is 0 Å². The van der Waals surface area contributed by atoms with Gasteiger partial charge in [0.1, 0.15) is 6.04 Å². The van der Waals surface area contributed by atoms with E-state index in [1.807, 2.05) is 31.5 Å². The highest BCUT2D eigenvalue weighted by Crippen LogP contribution is 2.37. The fraction of sp³-hybridized carbons (Fsp3) is 0.632. The number of halogens is 3. The summed E-state index contributed by atoms with van der Waals surface area (Å²) in [4.78, 5) is 12.8. The van der Waals surface area contributed by atoms with Crippen LogP contribution in [0.2, 0.25) is 0 Å². The van der Waals surface area contributed by atoms with Crippen molar-refractivity contribution in [3.8, 4) is 0 Å². The Morgan fingerprint density at radius 2 is 2.00 bits per heavy atom. The van der Waals surface area contributed by atoms with Crippen molar-refractivity contribution in [3.05, 3.63) is 34.4 Å². The Morgan fingerprint density at radius 3 is 2.57 bits per heavy atom. The van der Waals surface area contributed by atoms with E-state index >= 15 is 0 Å². The zero-order valence-corrected chi connectivity index (χ0v) is 16.6. The van der Waals surface area contributed by atoms with Crippen molar-refractivity contribution in [3.63, 3.8) is 0 Å². The molecule has 0 saturated carbocycles. The Hall–Kier alpha value is -2.32. The second-order valence-electron chi connectivity index (χ2n) is 7.51. The first-order valence-electron chi connectivity index (χ1n) is 9.60. The normalized spacial score (nSPS) is 16.1. The lowest BCUT2D eigenvalue weighted by Crippen LogP contribution is -2.41. The van der Waals surface area contributed by atoms with Crippen LogP contribution in [-0.4, -0.2) is 31.5 Å². The Kier molecular flexibility index (Phi) is 5.54. The smallest absolute Gasteiger partial charge is 0.350 e. The molecule has 6 nitrogen and oxygen atoms in total. The number of alkyl halides is 3. The Bertz CT molecular complexity index is 868. The Morgan fingerprint density at radius 1 is 1.29 bits per heavy atom. The molecule has 2 atom stereocenters. The fourth-order valence-corrected chi connectivity index (χ4v) is 3.92. The summed E-state index contributed by atoms with van der Waals surface area (Å²) in [5.74, 6) is -0.317. The van der Waals surface area contributed by atoms with Gasteiger partial charge in [-0.05, 0) is 52.5 Å². The zero-order valence-electron chi connectivity index (χ0n) is 16.6. The summed E-state index contributed by atoms with van der Waals surface area (Å²) in [6, 6.07) is 0.978. The second-order valence-corrected chi connectivity index (χ2v) is 7.51. The third-order valence-corrected chi connectivity index (χ3v) is 5.15. The first-order valence-corrected chi connectivity index (χ1v) is 9.60. The quantitative estimate of drug-likeness (QED) is 0.813. The van der Waals surface area contributed by atoms with Gasteiger partial charge in [-0.1, -0.05) is 6.92 Å². The van der Waals surface area contributed by atoms with Crippen LogP contribution in [0.15, 0.2) is 6.07 Å². The molecule has 0 aromatic carbocycles. The number of fused-ring (bicyclic) bond motifs is 1. The third-order valence-electron chi connectivity index (χ3n) is 5.15. The predicted molar refractivity (Wildman–Crippen MR) is 97.9 cm³/mol. The molecule has 2 heterocycles. The minimum atomic E-state index is -4.50. The SMILES string of the molecule is CC[C@H](C(=O)N[C@@H](C)Cn1nc(C)cc1C)n1nc(C(F)(F)F)c2c1CCC2. The number of aromatic nitrogens is 4. The van der Waals surface area contributed by atoms with Gasteiger partial charge in [0.15, 0.2) is 5.69 Å². The summed E-state index contributed by atoms with van der Waals surface area (Å²) >= 11 is 0. The van der Waals surface area contributed by atoms with Crippen LogP contribution in [-0.2, 0) is 30.4 Å². The van der Waals surface area contributed by atoms with Crippen LogP contribution in [0.25, 0.3) is 0 Å². The highest BCUT2D eigenvalue weighted by atomic mass is 19.4. The largest absolute Gasteiger partial charge is 0.435 e. The van der Waals surface area contributed by atoms with Crippen LogP contribution in [0.1, 0.15) is 61.1 Å². The van der Waals surface area contributed by atoms with Crippen LogP contribution in [0.5, 0.6) is 0 Å². The van der Waals surface area contributed by atoms with E-state index < -0.39 is 17.9 Å². The average Bonchev–Trinajstić information content (AvgIpc) is 3.24. The van der Waals surface area contributed by atoms with E-state index in [-0.39, 0.29) is 17.5 Å². The second kappa shape index (κ2) is 7.60. The van der Waals surface area contributed by atoms with E-state index in [9.17, 15) is 18.0 Å². The summed E-state index contributed by atoms with van der Waals surface area (Å²) in [5.41, 5.74) is 1.83. The molecule has 2 aromatic heterocycles. The number of aryl methyl sites for hydroxylation is 2. The van der Waals surface area contributed by atoms with Gasteiger partial charge in [-0.2, -0.15) is 23.4 Å². The van der Waals surface area contributed by atoms with E-state index in [1.165, 1.54) is 4.68 Å². The summed E-state index contributed by atoms with van der Waals surface area (Å²) in [6.07, 6.45) is -2.61. The molecule has 3 rings (SSSR count). The van der Waals surface area contributed by atoms with Crippen molar-refractivity contribution < 1.29 is 18.0 Å². The van der Waals surface area contributed by atoms with E-state index in [2.05, 4.69) is 15.5 Å². The monoisotopic (exact) mass is 397 g/mol. The minimum absolute atomic E-state index is 0.217. The van der Waals surface area contributed by atoms with E-state index in [0.717, 1.165) is 11.4 Å². The number of nitrogens with one attached hydrogen (secondary N) is 1. The maximum Gasteiger partial charge on any atom is 0.435 e. The van der Waals surface area contributed by atoms with Gasteiger partial charge in [0.05, 0.1) is 12.2 Å². The van der Waals surface area contributed by atoms with Crippen LogP contribution in [0, 0.1) is 13.8 Å². The Labute approximate surface area is 162 Å². The molecular formula is C19H26F3N5O. The molecule has 0 saturated heterocycles. The lowest BCUT2D eigenvalue weighted by atomic mass is 10.1. The van der Waals surface area contributed by atoms with Gasteiger partial charge in [-0.25, -0.2) is 0 Å². The van der Waals surface area contributed by atoms with E-state index in [4.69, 9.17) is 0 Å². The van der Waals surface area contributed by atoms with Crippen molar-refractivity contribution >= 4 is 5.91 Å². The first-order chi connectivity index (χ1) is 13.1. The average molecular weight is 397 g/mol. The number of amides is 1. The van der Waals surface area contributed by atoms with Crippen molar-refractivity contribution in [2.45, 2.75) is 78.2 Å². The summed E-state index contributed by atoms with van der Waals surface area (Å²) in [6.45, 7) is 7.97. The van der Waals surface area contributed by atoms with Gasteiger partial charge in [-0.15, -0.1) is 0 Å². The highest BCUT2D eigenvalue weighted by molar-refractivity contribution is 5.80. The molecular weight excluding hydrogens is 371 g/mol. The molecule has 9 heteroatoms. The predicted octanol–water partition coefficient (Wildman–Crippen LogP) is 3.36. The summed E-state index contributed by atoms with van der Waals surface area (Å²) in [7, 11) is 0. The fourth-order valence-electron chi connectivity index (χ4n) is 3.92. The van der Waals surface area contributed by atoms with Crippen LogP contribution in [0.4, 0.5) is 13.2 Å². The molecule has 0 aliphatic heterocycles. The number of hydrogen-bond donors (Lipinski definition) is 1. The maximum atomic E-state index is 13.3. The van der Waals surface area contributed by atoms with Crippen LogP contribution < -0.4 is 5.32 Å². The number of nitrogens with zero attached hydrogens (tertiary/aromatic N) is 4. The van der Waals surface area contributed by atoms with Crippen molar-refractivity contribution in [1.82, 2.24) is 24.9 Å². The molecule has 0 fully saturated rings. The molecule has 0 radical (unpaired) electrons. The van der Waals surface area contributed by atoms with E-state index in [0.29, 0.717) is 37.9 Å². The molecule has 154 valence electrons. The van der Waals surface area contributed by atoms with Crippen LogP contribution in [0.3, 0.4) is 0 Å². The highest BCUT2D eigenvalue weighted by Gasteiger charge is 2.41. The number of carbonyl (C=O) groups is 1. The van der Waals surface area contributed by atoms with Gasteiger partial charge >= 0.3 is 6.18 Å². The number of carbonyl (C=O) groups excluding carboxylic acids is 1. The molecule has 0 spiro atoms. The van der Waals surface area contributed by atoms with Crippen molar-refractivity contribution in [2.75, 3.05) is 0 Å². The molecule has 1 amide bonds. The Balaban J connectivity index is 1.78. The molecule has 28 heavy (non-hydrogen) atoms. The van der Waals surface area contributed by atoms with Crippen molar-refractivity contribution in [1.29, 1.82) is 0 Å². The molecule has 0 unspecified atom stereocenters. The zero-order chi connectivity index (χ0) is 20.6. The first kappa shape index (κ1) is 20.4. The molecule has 1 aliphatic rings. The molecule has 1 aliphatic carbocycles. The van der Waals surface area contributed by atoms with Gasteiger partial charge in [0, 0.05) is 23.0 Å².